The van der Waals surface area contributed by atoms with E-state index in [1.807, 2.05) is 32.0 Å². The van der Waals surface area contributed by atoms with E-state index in [1.165, 1.54) is 0 Å². The number of fused-ring (bicyclic) bond motifs is 1. The molecular weight excluding hydrogens is 252 g/mol. The van der Waals surface area contributed by atoms with Crippen LogP contribution < -0.4 is 10.5 Å². The molecule has 0 saturated heterocycles. The molecule has 2 N–H and O–H groups in total. The summed E-state index contributed by atoms with van der Waals surface area (Å²) in [7, 11) is 4.11. The van der Waals surface area contributed by atoms with Crippen LogP contribution in [0.1, 0.15) is 26.8 Å². The zero-order chi connectivity index (χ0) is 14.9. The molecule has 20 heavy (non-hydrogen) atoms. The fraction of sp³-hybridized carbons (Fsp3) is 0.533. The van der Waals surface area contributed by atoms with Crippen LogP contribution in [0, 0.1) is 0 Å². The molecule has 2 rings (SSSR count). The van der Waals surface area contributed by atoms with Gasteiger partial charge in [-0.15, -0.1) is 0 Å². The van der Waals surface area contributed by atoms with Gasteiger partial charge in [0.25, 0.3) is 0 Å². The quantitative estimate of drug-likeness (QED) is 0.911. The molecular formula is C15H24N4O. The fourth-order valence-corrected chi connectivity index (χ4v) is 2.53. The summed E-state index contributed by atoms with van der Waals surface area (Å²) in [4.78, 5) is 6.63. The van der Waals surface area contributed by atoms with Crippen molar-refractivity contribution in [2.45, 2.75) is 32.9 Å². The monoisotopic (exact) mass is 276 g/mol. The lowest BCUT2D eigenvalue weighted by Crippen LogP contribution is -2.23. The third-order valence-corrected chi connectivity index (χ3v) is 3.14. The molecule has 0 amide bonds. The lowest BCUT2D eigenvalue weighted by molar-refractivity contribution is 0.245. The zero-order valence-electron chi connectivity index (χ0n) is 12.9. The molecule has 0 radical (unpaired) electrons. The zero-order valence-corrected chi connectivity index (χ0v) is 12.9. The molecule has 5 nitrogen and oxygen atoms in total. The first-order valence-electron chi connectivity index (χ1n) is 6.98. The van der Waals surface area contributed by atoms with Gasteiger partial charge in [0.05, 0.1) is 11.6 Å². The second kappa shape index (κ2) is 5.71. The van der Waals surface area contributed by atoms with Gasteiger partial charge in [0.1, 0.15) is 11.3 Å². The maximum Gasteiger partial charge on any atom is 0.201 e. The van der Waals surface area contributed by atoms with Crippen molar-refractivity contribution in [1.82, 2.24) is 14.5 Å². The van der Waals surface area contributed by atoms with Crippen LogP contribution in [0.3, 0.4) is 0 Å². The molecule has 0 bridgehead atoms. The van der Waals surface area contributed by atoms with E-state index in [0.717, 1.165) is 23.3 Å². The molecule has 0 aliphatic carbocycles. The van der Waals surface area contributed by atoms with Gasteiger partial charge in [-0.3, -0.25) is 0 Å². The highest BCUT2D eigenvalue weighted by Gasteiger charge is 2.17. The molecule has 0 aliphatic rings. The first kappa shape index (κ1) is 14.7. The maximum atomic E-state index is 6.11. The van der Waals surface area contributed by atoms with E-state index in [9.17, 15) is 0 Å². The number of nitrogen functional groups attached to an aromatic ring is 1. The Bertz CT molecular complexity index is 589. The standard InChI is InChI=1S/C15H24N4O/c1-10(2)20-13-8-6-7-12-14(13)17-15(16)19(12)11(3)9-18(4)5/h6-8,10-11H,9H2,1-5H3,(H2,16,17). The van der Waals surface area contributed by atoms with E-state index in [4.69, 9.17) is 10.5 Å². The van der Waals surface area contributed by atoms with Gasteiger partial charge in [-0.25, -0.2) is 4.98 Å². The Balaban J connectivity index is 2.49. The molecule has 110 valence electrons. The van der Waals surface area contributed by atoms with Crippen LogP contribution in [0.25, 0.3) is 11.0 Å². The Morgan fingerprint density at radius 1 is 1.30 bits per heavy atom. The minimum atomic E-state index is 0.117. The van der Waals surface area contributed by atoms with E-state index in [-0.39, 0.29) is 12.1 Å². The summed E-state index contributed by atoms with van der Waals surface area (Å²) in [5.74, 6) is 1.33. The Hall–Kier alpha value is -1.75. The van der Waals surface area contributed by atoms with E-state index in [2.05, 4.69) is 35.5 Å². The summed E-state index contributed by atoms with van der Waals surface area (Å²) in [6, 6.07) is 6.22. The normalized spacial score (nSPS) is 13.3. The number of nitrogens with two attached hydrogens (primary N) is 1. The Morgan fingerprint density at radius 3 is 2.60 bits per heavy atom. The summed E-state index contributed by atoms with van der Waals surface area (Å²) in [6.45, 7) is 7.07. The van der Waals surface area contributed by atoms with Crippen molar-refractivity contribution in [2.24, 2.45) is 0 Å². The van der Waals surface area contributed by atoms with Crippen molar-refractivity contribution in [3.63, 3.8) is 0 Å². The number of hydrogen-bond acceptors (Lipinski definition) is 4. The molecule has 1 heterocycles. The van der Waals surface area contributed by atoms with Gasteiger partial charge in [0.2, 0.25) is 5.95 Å². The van der Waals surface area contributed by atoms with Crippen LogP contribution in [-0.2, 0) is 0 Å². The van der Waals surface area contributed by atoms with Crippen molar-refractivity contribution in [2.75, 3.05) is 26.4 Å². The van der Waals surface area contributed by atoms with Gasteiger partial charge in [0.15, 0.2) is 0 Å². The fourth-order valence-electron chi connectivity index (χ4n) is 2.53. The third-order valence-electron chi connectivity index (χ3n) is 3.14. The minimum absolute atomic E-state index is 0.117. The highest BCUT2D eigenvalue weighted by Crippen LogP contribution is 2.30. The smallest absolute Gasteiger partial charge is 0.201 e. The second-order valence-electron chi connectivity index (χ2n) is 5.74. The third kappa shape index (κ3) is 2.88. The number of ether oxygens (including phenoxy) is 1. The molecule has 0 aliphatic heterocycles. The number of imidazole rings is 1. The van der Waals surface area contributed by atoms with Gasteiger partial charge < -0.3 is 19.9 Å². The predicted octanol–water partition coefficient (Wildman–Crippen LogP) is 2.53. The Morgan fingerprint density at radius 2 is 2.00 bits per heavy atom. The summed E-state index contributed by atoms with van der Waals surface area (Å²) in [5, 5.41) is 0. The van der Waals surface area contributed by atoms with E-state index in [1.54, 1.807) is 0 Å². The van der Waals surface area contributed by atoms with Crippen molar-refractivity contribution in [3.05, 3.63) is 18.2 Å². The minimum Gasteiger partial charge on any atom is -0.489 e. The highest BCUT2D eigenvalue weighted by molar-refractivity contribution is 5.84. The number of hydrogen-bond donors (Lipinski definition) is 1. The SMILES string of the molecule is CC(C)Oc1cccc2c1nc(N)n2C(C)CN(C)C. The number of rotatable bonds is 5. The Kier molecular flexibility index (Phi) is 4.18. The molecule has 1 atom stereocenters. The van der Waals surface area contributed by atoms with Crippen LogP contribution in [0.4, 0.5) is 5.95 Å². The van der Waals surface area contributed by atoms with E-state index >= 15 is 0 Å². The lowest BCUT2D eigenvalue weighted by Gasteiger charge is -2.20. The van der Waals surface area contributed by atoms with E-state index < -0.39 is 0 Å². The van der Waals surface area contributed by atoms with Crippen LogP contribution in [0.5, 0.6) is 5.75 Å². The van der Waals surface area contributed by atoms with Crippen molar-refractivity contribution in [3.8, 4) is 5.75 Å². The molecule has 5 heteroatoms. The summed E-state index contributed by atoms with van der Waals surface area (Å²) in [6.07, 6.45) is 0.117. The molecule has 0 spiro atoms. The molecule has 1 aromatic heterocycles. The van der Waals surface area contributed by atoms with Crippen molar-refractivity contribution < 1.29 is 4.74 Å². The summed E-state index contributed by atoms with van der Waals surface area (Å²) in [5.41, 5.74) is 7.97. The molecule has 0 fully saturated rings. The topological polar surface area (TPSA) is 56.3 Å². The number of para-hydroxylation sites is 1. The van der Waals surface area contributed by atoms with Crippen molar-refractivity contribution in [1.29, 1.82) is 0 Å². The average molecular weight is 276 g/mol. The van der Waals surface area contributed by atoms with Gasteiger partial charge in [0, 0.05) is 12.6 Å². The van der Waals surface area contributed by atoms with Crippen LogP contribution in [-0.4, -0.2) is 41.2 Å². The first-order valence-corrected chi connectivity index (χ1v) is 6.98. The predicted molar refractivity (Wildman–Crippen MR) is 83.2 cm³/mol. The Labute approximate surface area is 120 Å². The van der Waals surface area contributed by atoms with Crippen molar-refractivity contribution >= 4 is 17.0 Å². The first-order chi connectivity index (χ1) is 9.40. The van der Waals surface area contributed by atoms with Gasteiger partial charge in [-0.1, -0.05) is 6.07 Å². The molecule has 0 saturated carbocycles. The van der Waals surface area contributed by atoms with Gasteiger partial charge >= 0.3 is 0 Å². The van der Waals surface area contributed by atoms with Crippen LogP contribution >= 0.6 is 0 Å². The lowest BCUT2D eigenvalue weighted by atomic mass is 10.2. The summed E-state index contributed by atoms with van der Waals surface area (Å²) >= 11 is 0. The van der Waals surface area contributed by atoms with Gasteiger partial charge in [-0.05, 0) is 47.0 Å². The van der Waals surface area contributed by atoms with Crippen LogP contribution in [0.15, 0.2) is 18.2 Å². The molecule has 2 aromatic rings. The summed E-state index contributed by atoms with van der Waals surface area (Å²) < 4.78 is 7.89. The molecule has 1 unspecified atom stereocenters. The number of nitrogens with zero attached hydrogens (tertiary/aromatic N) is 3. The number of likely N-dealkylation sites (N-methyl/N-ethyl adjacent to an activating group) is 1. The van der Waals surface area contributed by atoms with Crippen LogP contribution in [0.2, 0.25) is 0 Å². The highest BCUT2D eigenvalue weighted by atomic mass is 16.5. The number of benzene rings is 1. The molecule has 1 aromatic carbocycles. The largest absolute Gasteiger partial charge is 0.489 e. The average Bonchev–Trinajstić information content (AvgIpc) is 2.64. The number of aromatic nitrogens is 2. The number of anilines is 1. The van der Waals surface area contributed by atoms with E-state index in [0.29, 0.717) is 5.95 Å². The second-order valence-corrected chi connectivity index (χ2v) is 5.74. The van der Waals surface area contributed by atoms with Gasteiger partial charge in [-0.2, -0.15) is 0 Å². The maximum absolute atomic E-state index is 6.11.